The summed E-state index contributed by atoms with van der Waals surface area (Å²) in [5.41, 5.74) is 1.44. The average Bonchev–Trinajstić information content (AvgIpc) is 3.15. The maximum Gasteiger partial charge on any atom is 0.257 e. The summed E-state index contributed by atoms with van der Waals surface area (Å²) in [6.07, 6.45) is 1.74. The summed E-state index contributed by atoms with van der Waals surface area (Å²) in [6, 6.07) is 13.0. The van der Waals surface area contributed by atoms with Gasteiger partial charge in [0.2, 0.25) is 11.8 Å². The van der Waals surface area contributed by atoms with Crippen LogP contribution in [0.15, 0.2) is 42.5 Å². The van der Waals surface area contributed by atoms with E-state index in [1.165, 1.54) is 0 Å². The number of fused-ring (bicyclic) bond motifs is 3. The van der Waals surface area contributed by atoms with E-state index in [1.54, 1.807) is 21.9 Å². The number of para-hydroxylation sites is 1. The van der Waals surface area contributed by atoms with Crippen LogP contribution < -0.4 is 19.7 Å². The van der Waals surface area contributed by atoms with Crippen molar-refractivity contribution in [1.29, 1.82) is 0 Å². The topological polar surface area (TPSA) is 88.2 Å². The molecule has 2 aliphatic heterocycles. The van der Waals surface area contributed by atoms with Crippen molar-refractivity contribution in [2.24, 2.45) is 0 Å². The first-order valence-corrected chi connectivity index (χ1v) is 12.3. The van der Waals surface area contributed by atoms with Crippen molar-refractivity contribution in [3.63, 3.8) is 0 Å². The summed E-state index contributed by atoms with van der Waals surface area (Å²) >= 11 is 0. The molecule has 1 unspecified atom stereocenters. The zero-order chi connectivity index (χ0) is 25.0. The van der Waals surface area contributed by atoms with Crippen LogP contribution in [0.3, 0.4) is 0 Å². The molecule has 2 heterocycles. The van der Waals surface area contributed by atoms with Crippen LogP contribution in [0.25, 0.3) is 0 Å². The molecule has 8 nitrogen and oxygen atoms in total. The fourth-order valence-corrected chi connectivity index (χ4v) is 4.94. The van der Waals surface area contributed by atoms with Gasteiger partial charge in [0.1, 0.15) is 5.66 Å². The van der Waals surface area contributed by atoms with Gasteiger partial charge in [0.25, 0.3) is 5.91 Å². The number of benzene rings is 2. The third-order valence-electron chi connectivity index (χ3n) is 6.65. The van der Waals surface area contributed by atoms with Gasteiger partial charge in [0, 0.05) is 25.9 Å². The molecule has 2 aliphatic rings. The fraction of sp³-hybridized carbons (Fsp3) is 0.444. The van der Waals surface area contributed by atoms with Crippen molar-refractivity contribution in [3.05, 3.63) is 53.6 Å². The highest BCUT2D eigenvalue weighted by Crippen LogP contribution is 2.43. The molecule has 1 saturated heterocycles. The Hall–Kier alpha value is -3.55. The number of nitrogens with one attached hydrogen (secondary N) is 1. The Morgan fingerprint density at radius 1 is 1.06 bits per heavy atom. The number of hydrogen-bond acceptors (Lipinski definition) is 5. The average molecular weight is 480 g/mol. The molecule has 0 bridgehead atoms. The van der Waals surface area contributed by atoms with Crippen molar-refractivity contribution < 1.29 is 23.9 Å². The van der Waals surface area contributed by atoms with Crippen molar-refractivity contribution in [1.82, 2.24) is 10.2 Å². The highest BCUT2D eigenvalue weighted by Gasteiger charge is 2.52. The van der Waals surface area contributed by atoms with Gasteiger partial charge >= 0.3 is 0 Å². The summed E-state index contributed by atoms with van der Waals surface area (Å²) in [7, 11) is 0. The second kappa shape index (κ2) is 10.4. The van der Waals surface area contributed by atoms with Crippen LogP contribution in [0.1, 0.15) is 56.0 Å². The highest BCUT2D eigenvalue weighted by atomic mass is 16.5. The van der Waals surface area contributed by atoms with Crippen LogP contribution in [-0.4, -0.2) is 54.6 Å². The van der Waals surface area contributed by atoms with Gasteiger partial charge in [-0.05, 0) is 63.4 Å². The van der Waals surface area contributed by atoms with Gasteiger partial charge in [-0.25, -0.2) is 0 Å². The Morgan fingerprint density at radius 2 is 1.80 bits per heavy atom. The third kappa shape index (κ3) is 4.83. The number of carbonyl (C=O) groups excluding carboxylic acids is 3. The van der Waals surface area contributed by atoms with Crippen LogP contribution in [-0.2, 0) is 16.0 Å². The summed E-state index contributed by atoms with van der Waals surface area (Å²) in [6.45, 7) is 7.58. The summed E-state index contributed by atoms with van der Waals surface area (Å²) in [4.78, 5) is 42.0. The first-order chi connectivity index (χ1) is 16.9. The normalized spacial score (nSPS) is 18.8. The molecule has 2 aromatic carbocycles. The lowest BCUT2D eigenvalue weighted by molar-refractivity contribution is -0.121. The van der Waals surface area contributed by atoms with Crippen LogP contribution in [0, 0.1) is 0 Å². The quantitative estimate of drug-likeness (QED) is 0.563. The number of anilines is 1. The van der Waals surface area contributed by atoms with E-state index in [0.29, 0.717) is 61.8 Å². The zero-order valence-electron chi connectivity index (χ0n) is 20.6. The van der Waals surface area contributed by atoms with Gasteiger partial charge in [0.05, 0.1) is 24.5 Å². The molecule has 0 aromatic heterocycles. The maximum absolute atomic E-state index is 13.3. The molecule has 4 rings (SSSR count). The molecule has 8 heteroatoms. The fourth-order valence-electron chi connectivity index (χ4n) is 4.94. The van der Waals surface area contributed by atoms with E-state index >= 15 is 0 Å². The third-order valence-corrected chi connectivity index (χ3v) is 6.65. The smallest absolute Gasteiger partial charge is 0.257 e. The van der Waals surface area contributed by atoms with Gasteiger partial charge < -0.3 is 19.7 Å². The summed E-state index contributed by atoms with van der Waals surface area (Å²) in [5.74, 6) is 1.14. The number of carbonyl (C=O) groups is 3. The van der Waals surface area contributed by atoms with E-state index in [4.69, 9.17) is 9.47 Å². The van der Waals surface area contributed by atoms with Crippen LogP contribution in [0.2, 0.25) is 0 Å². The molecule has 0 aliphatic carbocycles. The molecular weight excluding hydrogens is 446 g/mol. The van der Waals surface area contributed by atoms with Crippen molar-refractivity contribution in [2.75, 3.05) is 31.2 Å². The lowest BCUT2D eigenvalue weighted by Crippen LogP contribution is -2.62. The molecule has 2 aromatic rings. The lowest BCUT2D eigenvalue weighted by atomic mass is 9.98. The van der Waals surface area contributed by atoms with Crippen molar-refractivity contribution in [3.8, 4) is 11.5 Å². The Morgan fingerprint density at radius 3 is 2.57 bits per heavy atom. The largest absolute Gasteiger partial charge is 0.490 e. The zero-order valence-corrected chi connectivity index (χ0v) is 20.6. The summed E-state index contributed by atoms with van der Waals surface area (Å²) in [5, 5.41) is 2.95. The SMILES string of the molecule is CCOc1ccc(CCNC(=O)CCN2C(=O)c3ccccc3N3C(=O)CCC23C)cc1OCC. The predicted molar refractivity (Wildman–Crippen MR) is 133 cm³/mol. The minimum Gasteiger partial charge on any atom is -0.490 e. The van der Waals surface area contributed by atoms with E-state index in [9.17, 15) is 14.4 Å². The molecule has 3 amide bonds. The van der Waals surface area contributed by atoms with Gasteiger partial charge in [-0.15, -0.1) is 0 Å². The number of ether oxygens (including phenoxy) is 2. The van der Waals surface area contributed by atoms with Crippen molar-refractivity contribution in [2.45, 2.75) is 52.1 Å². The first-order valence-electron chi connectivity index (χ1n) is 12.3. The second-order valence-electron chi connectivity index (χ2n) is 8.92. The molecule has 186 valence electrons. The molecular formula is C27H33N3O5. The van der Waals surface area contributed by atoms with Crippen LogP contribution >= 0.6 is 0 Å². The standard InChI is InChI=1S/C27H33N3O5/c1-4-34-22-11-10-19(18-23(22)35-5-2)13-16-28-24(31)14-17-29-26(33)20-8-6-7-9-21(20)30-25(32)12-15-27(29,30)3/h6-11,18H,4-5,12-17H2,1-3H3,(H,28,31). The lowest BCUT2D eigenvalue weighted by Gasteiger charge is -2.48. The summed E-state index contributed by atoms with van der Waals surface area (Å²) < 4.78 is 11.3. The van der Waals surface area contributed by atoms with E-state index in [0.717, 1.165) is 5.56 Å². The Labute approximate surface area is 206 Å². The number of hydrogen-bond donors (Lipinski definition) is 1. The number of rotatable bonds is 10. The number of amides is 3. The minimum absolute atomic E-state index is 0.00341. The Kier molecular flexibility index (Phi) is 7.28. The molecule has 0 saturated carbocycles. The maximum atomic E-state index is 13.3. The van der Waals surface area contributed by atoms with E-state index in [2.05, 4.69) is 5.32 Å². The minimum atomic E-state index is -0.749. The number of nitrogens with zero attached hydrogens (tertiary/aromatic N) is 2. The van der Waals surface area contributed by atoms with Crippen molar-refractivity contribution >= 4 is 23.4 Å². The molecule has 35 heavy (non-hydrogen) atoms. The molecule has 1 fully saturated rings. The Balaban J connectivity index is 1.35. The molecule has 0 spiro atoms. The van der Waals surface area contributed by atoms with E-state index in [-0.39, 0.29) is 30.7 Å². The van der Waals surface area contributed by atoms with E-state index < -0.39 is 5.66 Å². The van der Waals surface area contributed by atoms with Crippen LogP contribution in [0.5, 0.6) is 11.5 Å². The second-order valence-corrected chi connectivity index (χ2v) is 8.92. The predicted octanol–water partition coefficient (Wildman–Crippen LogP) is 3.53. The van der Waals surface area contributed by atoms with Crippen LogP contribution in [0.4, 0.5) is 5.69 Å². The molecule has 1 atom stereocenters. The highest BCUT2D eigenvalue weighted by molar-refractivity contribution is 6.10. The first kappa shape index (κ1) is 24.6. The van der Waals surface area contributed by atoms with Gasteiger partial charge in [-0.3, -0.25) is 19.3 Å². The van der Waals surface area contributed by atoms with Gasteiger partial charge in [0.15, 0.2) is 11.5 Å². The molecule has 1 N–H and O–H groups in total. The monoisotopic (exact) mass is 479 g/mol. The van der Waals surface area contributed by atoms with E-state index in [1.807, 2.05) is 51.1 Å². The van der Waals surface area contributed by atoms with Gasteiger partial charge in [-0.2, -0.15) is 0 Å². The molecule has 0 radical (unpaired) electrons. The Bertz CT molecular complexity index is 1120. The van der Waals surface area contributed by atoms with Gasteiger partial charge in [-0.1, -0.05) is 18.2 Å².